The number of thiazole rings is 1. The number of fused-ring (bicyclic) bond motifs is 2. The molecule has 0 radical (unpaired) electrons. The number of nitrogens with zero attached hydrogens (tertiary/aromatic N) is 2. The van der Waals surface area contributed by atoms with Crippen LogP contribution in [0.1, 0.15) is 16.7 Å². The Morgan fingerprint density at radius 3 is 2.93 bits per heavy atom. The van der Waals surface area contributed by atoms with Gasteiger partial charge in [0.25, 0.3) is 0 Å². The zero-order chi connectivity index (χ0) is 20.1. The molecule has 2 unspecified atom stereocenters. The molecule has 0 bridgehead atoms. The second-order valence-electron chi connectivity index (χ2n) is 7.12. The zero-order valence-electron chi connectivity index (χ0n) is 15.3. The lowest BCUT2D eigenvalue weighted by molar-refractivity contribution is -0.135. The monoisotopic (exact) mass is 424 g/mol. The van der Waals surface area contributed by atoms with Gasteiger partial charge in [-0.05, 0) is 30.3 Å². The summed E-state index contributed by atoms with van der Waals surface area (Å²) in [5, 5.41) is 13.4. The number of carbonyl (C=O) groups is 1. The van der Waals surface area contributed by atoms with Gasteiger partial charge in [0.05, 0.1) is 28.8 Å². The minimum atomic E-state index is -0.911. The zero-order valence-corrected chi connectivity index (χ0v) is 16.9. The molecule has 3 heterocycles. The topological polar surface area (TPSA) is 64.3 Å². The molecule has 4 aromatic rings. The van der Waals surface area contributed by atoms with Crippen LogP contribution in [0.25, 0.3) is 21.1 Å². The van der Waals surface area contributed by atoms with E-state index in [1.165, 1.54) is 0 Å². The fourth-order valence-electron chi connectivity index (χ4n) is 3.81. The normalized spacial score (nSPS) is 17.9. The van der Waals surface area contributed by atoms with Gasteiger partial charge in [0.1, 0.15) is 11.6 Å². The number of aliphatic hydroxyl groups is 1. The molecular weight excluding hydrogens is 408 g/mol. The first-order valence-corrected chi connectivity index (χ1v) is 10.4. The van der Waals surface area contributed by atoms with E-state index in [-0.39, 0.29) is 6.61 Å². The lowest BCUT2D eigenvalue weighted by Crippen LogP contribution is -2.14. The highest BCUT2D eigenvalue weighted by atomic mass is 35.5. The maximum atomic E-state index is 11.7. The summed E-state index contributed by atoms with van der Waals surface area (Å²) < 4.78 is 8.25. The number of benzene rings is 2. The van der Waals surface area contributed by atoms with Gasteiger partial charge in [-0.1, -0.05) is 30.3 Å². The second-order valence-corrected chi connectivity index (χ2v) is 8.68. The molecule has 0 aliphatic carbocycles. The van der Waals surface area contributed by atoms with Crippen LogP contribution in [0.15, 0.2) is 60.8 Å². The Morgan fingerprint density at radius 2 is 2.17 bits per heavy atom. The number of esters is 1. The number of para-hydroxylation sites is 1. The summed E-state index contributed by atoms with van der Waals surface area (Å²) in [6, 6.07) is 13.6. The minimum Gasteiger partial charge on any atom is -0.462 e. The molecule has 1 saturated heterocycles. The van der Waals surface area contributed by atoms with Gasteiger partial charge in [-0.2, -0.15) is 0 Å². The average Bonchev–Trinajstić information content (AvgIpc) is 3.37. The molecule has 5 rings (SSSR count). The largest absolute Gasteiger partial charge is 0.462 e. The predicted octanol–water partition coefficient (Wildman–Crippen LogP) is 4.72. The van der Waals surface area contributed by atoms with Crippen LogP contribution in [0.5, 0.6) is 0 Å². The minimum absolute atomic E-state index is 0.129. The van der Waals surface area contributed by atoms with Gasteiger partial charge in [-0.15, -0.1) is 11.3 Å². The SMILES string of the molecule is C=C1C(=O)OCC1C(O)c1cn(Cc2nc3ccccc3s2)c2ccc(Cl)cc12. The van der Waals surface area contributed by atoms with Crippen molar-refractivity contribution in [1.82, 2.24) is 9.55 Å². The quantitative estimate of drug-likeness (QED) is 0.380. The number of halogens is 1. The number of aliphatic hydroxyl groups excluding tert-OH is 1. The molecule has 1 N–H and O–H groups in total. The average molecular weight is 425 g/mol. The van der Waals surface area contributed by atoms with Crippen molar-refractivity contribution in [2.45, 2.75) is 12.6 Å². The molecule has 1 fully saturated rings. The molecule has 1 aliphatic rings. The molecule has 0 saturated carbocycles. The summed E-state index contributed by atoms with van der Waals surface area (Å²) in [4.78, 5) is 16.4. The third-order valence-corrected chi connectivity index (χ3v) is 6.58. The summed E-state index contributed by atoms with van der Waals surface area (Å²) >= 11 is 7.88. The van der Waals surface area contributed by atoms with Crippen LogP contribution in [0.4, 0.5) is 0 Å². The fourth-order valence-corrected chi connectivity index (χ4v) is 4.94. The summed E-state index contributed by atoms with van der Waals surface area (Å²) in [7, 11) is 0. The van der Waals surface area contributed by atoms with Crippen LogP contribution in [0, 0.1) is 5.92 Å². The number of hydrogen-bond acceptors (Lipinski definition) is 5. The van der Waals surface area contributed by atoms with Gasteiger partial charge in [-0.25, -0.2) is 9.78 Å². The Balaban J connectivity index is 1.57. The molecule has 146 valence electrons. The van der Waals surface area contributed by atoms with Gasteiger partial charge >= 0.3 is 5.97 Å². The highest BCUT2D eigenvalue weighted by Gasteiger charge is 2.36. The Kier molecular flexibility index (Phi) is 4.42. The van der Waals surface area contributed by atoms with Crippen molar-refractivity contribution in [2.75, 3.05) is 6.61 Å². The van der Waals surface area contributed by atoms with E-state index in [1.54, 1.807) is 11.3 Å². The van der Waals surface area contributed by atoms with E-state index in [0.717, 1.165) is 26.1 Å². The van der Waals surface area contributed by atoms with Crippen LogP contribution in [0.3, 0.4) is 0 Å². The van der Waals surface area contributed by atoms with Gasteiger partial charge < -0.3 is 14.4 Å². The van der Waals surface area contributed by atoms with Crippen LogP contribution >= 0.6 is 22.9 Å². The highest BCUT2D eigenvalue weighted by molar-refractivity contribution is 7.18. The second kappa shape index (κ2) is 6.99. The smallest absolute Gasteiger partial charge is 0.333 e. The van der Waals surface area contributed by atoms with E-state index in [9.17, 15) is 9.90 Å². The molecule has 2 aromatic carbocycles. The maximum absolute atomic E-state index is 11.7. The van der Waals surface area contributed by atoms with E-state index in [0.29, 0.717) is 22.7 Å². The lowest BCUT2D eigenvalue weighted by Gasteiger charge is -2.15. The molecule has 29 heavy (non-hydrogen) atoms. The Labute approximate surface area is 175 Å². The van der Waals surface area contributed by atoms with E-state index in [4.69, 9.17) is 21.3 Å². The summed E-state index contributed by atoms with van der Waals surface area (Å²) in [6.07, 6.45) is 1.000. The number of ether oxygens (including phenoxy) is 1. The first-order chi connectivity index (χ1) is 14.0. The van der Waals surface area contributed by atoms with E-state index >= 15 is 0 Å². The van der Waals surface area contributed by atoms with E-state index in [2.05, 4.69) is 17.2 Å². The Hall–Kier alpha value is -2.67. The standard InChI is InChI=1S/C22H17ClN2O3S/c1-12-16(11-28-22(12)27)21(26)15-9-25(18-7-6-13(23)8-14(15)18)10-20-24-17-4-2-3-5-19(17)29-20/h2-9,16,21,26H,1,10-11H2. The van der Waals surface area contributed by atoms with Crippen LogP contribution < -0.4 is 0 Å². The third kappa shape index (κ3) is 3.13. The van der Waals surface area contributed by atoms with Crippen molar-refractivity contribution in [3.05, 3.63) is 76.4 Å². The van der Waals surface area contributed by atoms with Gasteiger partial charge in [0.2, 0.25) is 0 Å². The van der Waals surface area contributed by atoms with Crippen molar-refractivity contribution in [2.24, 2.45) is 5.92 Å². The van der Waals surface area contributed by atoms with Gasteiger partial charge in [0, 0.05) is 33.3 Å². The van der Waals surface area contributed by atoms with Crippen molar-refractivity contribution in [1.29, 1.82) is 0 Å². The predicted molar refractivity (Wildman–Crippen MR) is 114 cm³/mol. The number of cyclic esters (lactones) is 1. The number of carbonyl (C=O) groups excluding carboxylic acids is 1. The Bertz CT molecular complexity index is 1240. The highest BCUT2D eigenvalue weighted by Crippen LogP contribution is 2.38. The van der Waals surface area contributed by atoms with Crippen molar-refractivity contribution in [3.63, 3.8) is 0 Å². The molecule has 2 atom stereocenters. The van der Waals surface area contributed by atoms with E-state index < -0.39 is 18.0 Å². The van der Waals surface area contributed by atoms with Crippen LogP contribution in [-0.4, -0.2) is 27.2 Å². The Morgan fingerprint density at radius 1 is 1.34 bits per heavy atom. The van der Waals surface area contributed by atoms with Crippen molar-refractivity contribution >= 4 is 50.0 Å². The number of hydrogen-bond donors (Lipinski definition) is 1. The summed E-state index contributed by atoms with van der Waals surface area (Å²) in [5.41, 5.74) is 2.92. The first kappa shape index (κ1) is 18.4. The molecule has 2 aromatic heterocycles. The molecule has 5 nitrogen and oxygen atoms in total. The number of rotatable bonds is 4. The van der Waals surface area contributed by atoms with Crippen LogP contribution in [-0.2, 0) is 16.1 Å². The van der Waals surface area contributed by atoms with Gasteiger partial charge in [-0.3, -0.25) is 0 Å². The molecule has 0 spiro atoms. The van der Waals surface area contributed by atoms with Crippen LogP contribution in [0.2, 0.25) is 5.02 Å². The van der Waals surface area contributed by atoms with Gasteiger partial charge in [0.15, 0.2) is 0 Å². The lowest BCUT2D eigenvalue weighted by atomic mass is 9.92. The molecular formula is C22H17ClN2O3S. The number of aromatic nitrogens is 2. The summed E-state index contributed by atoms with van der Waals surface area (Å²) in [6.45, 7) is 4.49. The molecule has 7 heteroatoms. The van der Waals surface area contributed by atoms with Crippen molar-refractivity contribution < 1.29 is 14.6 Å². The molecule has 0 amide bonds. The van der Waals surface area contributed by atoms with E-state index in [1.807, 2.05) is 42.6 Å². The first-order valence-electron chi connectivity index (χ1n) is 9.18. The summed E-state index contributed by atoms with van der Waals surface area (Å²) in [5.74, 6) is -0.923. The maximum Gasteiger partial charge on any atom is 0.333 e. The molecule has 1 aliphatic heterocycles. The fraction of sp³-hybridized carbons (Fsp3) is 0.182. The third-order valence-electron chi connectivity index (χ3n) is 5.32. The van der Waals surface area contributed by atoms with Crippen molar-refractivity contribution in [3.8, 4) is 0 Å².